The van der Waals surface area contributed by atoms with Gasteiger partial charge in [-0.1, -0.05) is 51.1 Å². The van der Waals surface area contributed by atoms with Crippen LogP contribution in [0, 0.1) is 5.92 Å². The molecule has 0 fully saturated rings. The van der Waals surface area contributed by atoms with Crippen LogP contribution in [-0.2, 0) is 0 Å². The summed E-state index contributed by atoms with van der Waals surface area (Å²) in [5.74, 6) is 0.688. The Morgan fingerprint density at radius 1 is 1.11 bits per heavy atom. The van der Waals surface area contributed by atoms with E-state index in [0.29, 0.717) is 18.0 Å². The maximum Gasteiger partial charge on any atom is 0.0449 e. The van der Waals surface area contributed by atoms with E-state index in [0.717, 1.165) is 13.1 Å². The molecule has 0 amide bonds. The summed E-state index contributed by atoms with van der Waals surface area (Å²) in [5.41, 5.74) is 1.39. The molecule has 1 aromatic carbocycles. The van der Waals surface area contributed by atoms with Gasteiger partial charge in [-0.25, -0.2) is 0 Å². The van der Waals surface area contributed by atoms with Gasteiger partial charge in [0.05, 0.1) is 0 Å². The molecular weight excluding hydrogens is 232 g/mol. The molecule has 0 aliphatic rings. The fourth-order valence-corrected chi connectivity index (χ4v) is 2.25. The number of nitrogens with zero attached hydrogens (tertiary/aromatic N) is 1. The Kier molecular flexibility index (Phi) is 7.11. The van der Waals surface area contributed by atoms with Gasteiger partial charge in [0.15, 0.2) is 0 Å². The second-order valence-corrected chi connectivity index (χ2v) is 5.84. The molecule has 0 spiro atoms. The minimum absolute atomic E-state index is 0.423. The highest BCUT2D eigenvalue weighted by Gasteiger charge is 2.18. The first-order chi connectivity index (χ1) is 9.06. The topological polar surface area (TPSA) is 15.3 Å². The van der Waals surface area contributed by atoms with Crippen molar-refractivity contribution in [3.63, 3.8) is 0 Å². The van der Waals surface area contributed by atoms with Crippen molar-refractivity contribution in [1.82, 2.24) is 10.2 Å². The first-order valence-electron chi connectivity index (χ1n) is 7.54. The predicted octanol–water partition coefficient (Wildman–Crippen LogP) is 3.70. The Labute approximate surface area is 119 Å². The fourth-order valence-electron chi connectivity index (χ4n) is 2.25. The maximum absolute atomic E-state index is 3.67. The predicted molar refractivity (Wildman–Crippen MR) is 84.4 cm³/mol. The van der Waals surface area contributed by atoms with Crippen LogP contribution in [0.5, 0.6) is 0 Å². The lowest BCUT2D eigenvalue weighted by atomic mass is 10.0. The third kappa shape index (κ3) is 5.33. The molecule has 108 valence electrons. The number of hydrogen-bond donors (Lipinski definition) is 1. The number of likely N-dealkylation sites (N-methyl/N-ethyl adjacent to an activating group) is 1. The smallest absolute Gasteiger partial charge is 0.0449 e. The van der Waals surface area contributed by atoms with Crippen molar-refractivity contribution in [2.75, 3.05) is 20.1 Å². The standard InChI is InChI=1S/C17H30N2/c1-6-12-18-17(16-10-8-7-9-11-16)13-19(5)15(4)14(2)3/h7-11,14-15,17-18H,6,12-13H2,1-5H3. The van der Waals surface area contributed by atoms with E-state index >= 15 is 0 Å². The van der Waals surface area contributed by atoms with E-state index in [1.54, 1.807) is 0 Å². The number of benzene rings is 1. The van der Waals surface area contributed by atoms with Crippen LogP contribution in [0.15, 0.2) is 30.3 Å². The Hall–Kier alpha value is -0.860. The van der Waals surface area contributed by atoms with E-state index in [9.17, 15) is 0 Å². The number of rotatable bonds is 8. The van der Waals surface area contributed by atoms with Crippen LogP contribution < -0.4 is 5.32 Å². The molecule has 1 aromatic rings. The second kappa shape index (κ2) is 8.34. The van der Waals surface area contributed by atoms with Crippen molar-refractivity contribution >= 4 is 0 Å². The van der Waals surface area contributed by atoms with E-state index in [1.165, 1.54) is 12.0 Å². The van der Waals surface area contributed by atoms with Gasteiger partial charge < -0.3 is 10.2 Å². The highest BCUT2D eigenvalue weighted by molar-refractivity contribution is 5.19. The molecule has 2 heteroatoms. The van der Waals surface area contributed by atoms with Crippen LogP contribution in [0.2, 0.25) is 0 Å². The molecule has 1 rings (SSSR count). The summed E-state index contributed by atoms with van der Waals surface area (Å²) in [4.78, 5) is 2.46. The maximum atomic E-state index is 3.67. The van der Waals surface area contributed by atoms with Crippen LogP contribution in [-0.4, -0.2) is 31.1 Å². The summed E-state index contributed by atoms with van der Waals surface area (Å²) in [6.07, 6.45) is 1.17. The fraction of sp³-hybridized carbons (Fsp3) is 0.647. The molecule has 0 heterocycles. The van der Waals surface area contributed by atoms with Gasteiger partial charge in [-0.2, -0.15) is 0 Å². The van der Waals surface area contributed by atoms with Crippen LogP contribution in [0.1, 0.15) is 45.7 Å². The van der Waals surface area contributed by atoms with E-state index in [2.05, 4.69) is 75.3 Å². The SMILES string of the molecule is CCCNC(CN(C)C(C)C(C)C)c1ccccc1. The van der Waals surface area contributed by atoms with Gasteiger partial charge in [-0.15, -0.1) is 0 Å². The highest BCUT2D eigenvalue weighted by Crippen LogP contribution is 2.17. The van der Waals surface area contributed by atoms with Gasteiger partial charge in [0.2, 0.25) is 0 Å². The van der Waals surface area contributed by atoms with E-state index < -0.39 is 0 Å². The summed E-state index contributed by atoms with van der Waals surface area (Å²) in [5, 5.41) is 3.67. The Balaban J connectivity index is 2.70. The quantitative estimate of drug-likeness (QED) is 0.768. The lowest BCUT2D eigenvalue weighted by molar-refractivity contribution is 0.188. The molecule has 0 saturated carbocycles. The molecule has 2 atom stereocenters. The zero-order valence-electron chi connectivity index (χ0n) is 13.2. The van der Waals surface area contributed by atoms with Gasteiger partial charge >= 0.3 is 0 Å². The third-order valence-corrected chi connectivity index (χ3v) is 3.97. The number of hydrogen-bond acceptors (Lipinski definition) is 2. The monoisotopic (exact) mass is 262 g/mol. The number of nitrogens with one attached hydrogen (secondary N) is 1. The Bertz CT molecular complexity index is 334. The first-order valence-corrected chi connectivity index (χ1v) is 7.54. The van der Waals surface area contributed by atoms with Crippen LogP contribution in [0.25, 0.3) is 0 Å². The lowest BCUT2D eigenvalue weighted by Crippen LogP contribution is -2.40. The summed E-state index contributed by atoms with van der Waals surface area (Å²) >= 11 is 0. The summed E-state index contributed by atoms with van der Waals surface area (Å²) in [7, 11) is 2.23. The lowest BCUT2D eigenvalue weighted by Gasteiger charge is -2.32. The Morgan fingerprint density at radius 3 is 2.26 bits per heavy atom. The van der Waals surface area contributed by atoms with Gasteiger partial charge in [0, 0.05) is 18.6 Å². The average molecular weight is 262 g/mol. The van der Waals surface area contributed by atoms with Crippen molar-refractivity contribution in [2.45, 2.75) is 46.2 Å². The summed E-state index contributed by atoms with van der Waals surface area (Å²) in [6.45, 7) is 11.2. The molecule has 0 aliphatic carbocycles. The Morgan fingerprint density at radius 2 is 1.74 bits per heavy atom. The van der Waals surface area contributed by atoms with Crippen molar-refractivity contribution in [1.29, 1.82) is 0 Å². The average Bonchev–Trinajstić information content (AvgIpc) is 2.43. The molecule has 0 saturated heterocycles. The van der Waals surface area contributed by atoms with Crippen LogP contribution in [0.3, 0.4) is 0 Å². The van der Waals surface area contributed by atoms with Crippen molar-refractivity contribution < 1.29 is 0 Å². The van der Waals surface area contributed by atoms with Crippen molar-refractivity contribution in [3.8, 4) is 0 Å². The largest absolute Gasteiger partial charge is 0.309 e. The molecule has 2 unspecified atom stereocenters. The molecule has 0 bridgehead atoms. The van der Waals surface area contributed by atoms with Crippen LogP contribution >= 0.6 is 0 Å². The molecule has 1 N–H and O–H groups in total. The van der Waals surface area contributed by atoms with Gasteiger partial charge in [-0.05, 0) is 38.4 Å². The molecule has 0 aliphatic heterocycles. The molecule has 0 radical (unpaired) electrons. The normalized spacial score (nSPS) is 14.9. The van der Waals surface area contributed by atoms with Gasteiger partial charge in [0.1, 0.15) is 0 Å². The van der Waals surface area contributed by atoms with Gasteiger partial charge in [-0.3, -0.25) is 0 Å². The minimum Gasteiger partial charge on any atom is -0.309 e. The van der Waals surface area contributed by atoms with Crippen molar-refractivity contribution in [3.05, 3.63) is 35.9 Å². The third-order valence-electron chi connectivity index (χ3n) is 3.97. The first kappa shape index (κ1) is 16.2. The second-order valence-electron chi connectivity index (χ2n) is 5.84. The molecular formula is C17H30N2. The van der Waals surface area contributed by atoms with E-state index in [1.807, 2.05) is 0 Å². The van der Waals surface area contributed by atoms with E-state index in [-0.39, 0.29) is 0 Å². The van der Waals surface area contributed by atoms with Gasteiger partial charge in [0.25, 0.3) is 0 Å². The van der Waals surface area contributed by atoms with E-state index in [4.69, 9.17) is 0 Å². The molecule has 2 nitrogen and oxygen atoms in total. The zero-order valence-corrected chi connectivity index (χ0v) is 13.2. The summed E-state index contributed by atoms with van der Waals surface area (Å²) in [6, 6.07) is 11.8. The summed E-state index contributed by atoms with van der Waals surface area (Å²) < 4.78 is 0. The van der Waals surface area contributed by atoms with Crippen LogP contribution in [0.4, 0.5) is 0 Å². The zero-order chi connectivity index (χ0) is 14.3. The minimum atomic E-state index is 0.423. The molecule has 0 aromatic heterocycles. The highest BCUT2D eigenvalue weighted by atomic mass is 15.2. The van der Waals surface area contributed by atoms with Crippen molar-refractivity contribution in [2.24, 2.45) is 5.92 Å². The molecule has 19 heavy (non-hydrogen) atoms.